The molecule has 0 unspecified atom stereocenters. The van der Waals surface area contributed by atoms with Gasteiger partial charge in [-0.2, -0.15) is 0 Å². The number of carbonyl (C=O) groups is 1. The second kappa shape index (κ2) is 3.03. The maximum Gasteiger partial charge on any atom is 0.340 e. The van der Waals surface area contributed by atoms with Gasteiger partial charge >= 0.3 is 5.97 Å². The Morgan fingerprint density at radius 1 is 1.83 bits per heavy atom. The number of esters is 1. The van der Waals surface area contributed by atoms with E-state index in [4.69, 9.17) is 14.6 Å². The first kappa shape index (κ1) is 9.48. The van der Waals surface area contributed by atoms with Gasteiger partial charge < -0.3 is 14.6 Å². The third-order valence-corrected chi connectivity index (χ3v) is 1.98. The first-order valence-corrected chi connectivity index (χ1v) is 4.05. The van der Waals surface area contributed by atoms with E-state index < -0.39 is 23.8 Å². The molecule has 1 rings (SSSR count). The Kier molecular flexibility index (Phi) is 2.39. The van der Waals surface area contributed by atoms with Gasteiger partial charge in [-0.25, -0.2) is 4.79 Å². The summed E-state index contributed by atoms with van der Waals surface area (Å²) in [5, 5.41) is 9.11. The van der Waals surface area contributed by atoms with Crippen molar-refractivity contribution < 1.29 is 19.4 Å². The molecule has 0 saturated carbocycles. The molecule has 0 aromatic carbocycles. The minimum atomic E-state index is -0.913. The van der Waals surface area contributed by atoms with Crippen LogP contribution < -0.4 is 0 Å². The molecule has 1 heterocycles. The summed E-state index contributed by atoms with van der Waals surface area (Å²) in [5.41, 5.74) is -0.913. The summed E-state index contributed by atoms with van der Waals surface area (Å²) in [6, 6.07) is 0. The number of aliphatic hydroxyl groups is 1. The van der Waals surface area contributed by atoms with Crippen molar-refractivity contribution in [3.05, 3.63) is 0 Å². The Morgan fingerprint density at radius 2 is 2.42 bits per heavy atom. The molecule has 4 heteroatoms. The molecule has 0 amide bonds. The number of aliphatic hydroxyl groups excluding tert-OH is 1. The Hall–Kier alpha value is -0.610. The number of carbonyl (C=O) groups excluding carboxylic acids is 1. The summed E-state index contributed by atoms with van der Waals surface area (Å²) < 4.78 is 9.83. The topological polar surface area (TPSA) is 59.1 Å². The molecule has 1 aliphatic rings. The van der Waals surface area contributed by atoms with Gasteiger partial charge in [-0.1, -0.05) is 0 Å². The second-order valence-electron chi connectivity index (χ2n) is 3.11. The molecular weight excluding hydrogens is 160 g/mol. The minimum absolute atomic E-state index is 0.338. The van der Waals surface area contributed by atoms with Gasteiger partial charge in [0, 0.05) is 0 Å². The monoisotopic (exact) mass is 174 g/mol. The van der Waals surface area contributed by atoms with Gasteiger partial charge in [-0.3, -0.25) is 0 Å². The van der Waals surface area contributed by atoms with E-state index in [2.05, 4.69) is 0 Å². The van der Waals surface area contributed by atoms with E-state index >= 15 is 0 Å². The summed E-state index contributed by atoms with van der Waals surface area (Å²) in [5.74, 6) is -0.393. The number of epoxide rings is 1. The predicted octanol–water partition coefficient (Wildman–Crippen LogP) is 0.0878. The second-order valence-corrected chi connectivity index (χ2v) is 3.11. The van der Waals surface area contributed by atoms with Crippen molar-refractivity contribution in [3.63, 3.8) is 0 Å². The SMILES string of the molecule is CCOC(=O)[C@@]1(C)O[C@@H]1[C@H](C)O. The lowest BCUT2D eigenvalue weighted by molar-refractivity contribution is -0.148. The number of hydrogen-bond acceptors (Lipinski definition) is 4. The van der Waals surface area contributed by atoms with Gasteiger partial charge in [0.25, 0.3) is 0 Å². The van der Waals surface area contributed by atoms with Gasteiger partial charge in [0.1, 0.15) is 6.10 Å². The van der Waals surface area contributed by atoms with Gasteiger partial charge in [0.05, 0.1) is 12.7 Å². The standard InChI is InChI=1S/C8H14O4/c1-4-11-7(10)8(3)6(12-8)5(2)9/h5-6,9H,4H2,1-3H3/t5-,6+,8-/m0/s1. The predicted molar refractivity (Wildman–Crippen MR) is 41.6 cm³/mol. The van der Waals surface area contributed by atoms with Crippen molar-refractivity contribution in [2.45, 2.75) is 38.6 Å². The van der Waals surface area contributed by atoms with Crippen LogP contribution >= 0.6 is 0 Å². The van der Waals surface area contributed by atoms with Crippen molar-refractivity contribution in [2.24, 2.45) is 0 Å². The van der Waals surface area contributed by atoms with Crippen LogP contribution in [-0.2, 0) is 14.3 Å². The van der Waals surface area contributed by atoms with E-state index in [1.807, 2.05) is 0 Å². The number of ether oxygens (including phenoxy) is 2. The molecule has 4 nitrogen and oxygen atoms in total. The van der Waals surface area contributed by atoms with E-state index in [1.54, 1.807) is 20.8 Å². The molecule has 3 atom stereocenters. The normalized spacial score (nSPS) is 35.8. The molecule has 70 valence electrons. The summed E-state index contributed by atoms with van der Waals surface area (Å²) in [4.78, 5) is 11.2. The third kappa shape index (κ3) is 1.44. The van der Waals surface area contributed by atoms with Crippen LogP contribution in [0.1, 0.15) is 20.8 Å². The van der Waals surface area contributed by atoms with E-state index in [0.29, 0.717) is 6.61 Å². The van der Waals surface area contributed by atoms with Crippen LogP contribution in [0, 0.1) is 0 Å². The Balaban J connectivity index is 2.49. The van der Waals surface area contributed by atoms with Crippen LogP contribution in [0.2, 0.25) is 0 Å². The van der Waals surface area contributed by atoms with Crippen LogP contribution in [0.5, 0.6) is 0 Å². The van der Waals surface area contributed by atoms with Crippen molar-refractivity contribution in [2.75, 3.05) is 6.61 Å². The van der Waals surface area contributed by atoms with Crippen LogP contribution in [0.4, 0.5) is 0 Å². The van der Waals surface area contributed by atoms with Crippen molar-refractivity contribution >= 4 is 5.97 Å². The summed E-state index contributed by atoms with van der Waals surface area (Å²) >= 11 is 0. The first-order valence-electron chi connectivity index (χ1n) is 4.05. The van der Waals surface area contributed by atoms with Gasteiger partial charge in [-0.05, 0) is 20.8 Å². The highest BCUT2D eigenvalue weighted by atomic mass is 16.7. The smallest absolute Gasteiger partial charge is 0.340 e. The minimum Gasteiger partial charge on any atom is -0.464 e. The molecule has 0 aliphatic carbocycles. The fourth-order valence-electron chi connectivity index (χ4n) is 1.23. The molecule has 1 saturated heterocycles. The highest BCUT2D eigenvalue weighted by Gasteiger charge is 2.62. The molecular formula is C8H14O4. The highest BCUT2D eigenvalue weighted by Crippen LogP contribution is 2.39. The summed E-state index contributed by atoms with van der Waals surface area (Å²) in [6.45, 7) is 5.29. The molecule has 0 aromatic heterocycles. The van der Waals surface area contributed by atoms with Gasteiger partial charge in [0.15, 0.2) is 5.60 Å². The quantitative estimate of drug-likeness (QED) is 0.486. The van der Waals surface area contributed by atoms with Crippen LogP contribution in [0.25, 0.3) is 0 Å². The molecule has 0 aromatic rings. The van der Waals surface area contributed by atoms with E-state index in [9.17, 15) is 4.79 Å². The van der Waals surface area contributed by atoms with Crippen LogP contribution in [-0.4, -0.2) is 35.5 Å². The van der Waals surface area contributed by atoms with E-state index in [1.165, 1.54) is 0 Å². The van der Waals surface area contributed by atoms with Crippen LogP contribution in [0.3, 0.4) is 0 Å². The molecule has 0 spiro atoms. The average molecular weight is 174 g/mol. The third-order valence-electron chi connectivity index (χ3n) is 1.98. The Morgan fingerprint density at radius 3 is 2.75 bits per heavy atom. The van der Waals surface area contributed by atoms with E-state index in [0.717, 1.165) is 0 Å². The Labute approximate surface area is 71.5 Å². The van der Waals surface area contributed by atoms with Gasteiger partial charge in [0.2, 0.25) is 0 Å². The number of rotatable bonds is 3. The van der Waals surface area contributed by atoms with Crippen molar-refractivity contribution in [1.82, 2.24) is 0 Å². The largest absolute Gasteiger partial charge is 0.464 e. The van der Waals surface area contributed by atoms with Gasteiger partial charge in [-0.15, -0.1) is 0 Å². The molecule has 1 aliphatic heterocycles. The lowest BCUT2D eigenvalue weighted by Gasteiger charge is -2.06. The zero-order chi connectivity index (χ0) is 9.35. The van der Waals surface area contributed by atoms with E-state index in [-0.39, 0.29) is 0 Å². The molecule has 0 bridgehead atoms. The summed E-state index contributed by atoms with van der Waals surface area (Å²) in [7, 11) is 0. The maximum absolute atomic E-state index is 11.2. The lowest BCUT2D eigenvalue weighted by atomic mass is 10.1. The Bertz CT molecular complexity index is 189. The van der Waals surface area contributed by atoms with Crippen molar-refractivity contribution in [1.29, 1.82) is 0 Å². The average Bonchev–Trinajstić information content (AvgIpc) is 2.65. The van der Waals surface area contributed by atoms with Crippen molar-refractivity contribution in [3.8, 4) is 0 Å². The molecule has 12 heavy (non-hydrogen) atoms. The fraction of sp³-hybridized carbons (Fsp3) is 0.875. The summed E-state index contributed by atoms with van der Waals surface area (Å²) in [6.07, 6.45) is -1.03. The fourth-order valence-corrected chi connectivity index (χ4v) is 1.23. The lowest BCUT2D eigenvalue weighted by Crippen LogP contribution is -2.30. The zero-order valence-corrected chi connectivity index (χ0v) is 7.53. The zero-order valence-electron chi connectivity index (χ0n) is 7.53. The molecule has 0 radical (unpaired) electrons. The van der Waals surface area contributed by atoms with Crippen LogP contribution in [0.15, 0.2) is 0 Å². The molecule has 1 N–H and O–H groups in total. The number of hydrogen-bond donors (Lipinski definition) is 1. The molecule has 1 fully saturated rings. The first-order chi connectivity index (χ1) is 5.52. The maximum atomic E-state index is 11.2. The highest BCUT2D eigenvalue weighted by molar-refractivity contribution is 5.83.